The highest BCUT2D eigenvalue weighted by molar-refractivity contribution is 5.82. The molecule has 2 aromatic carbocycles. The lowest BCUT2D eigenvalue weighted by Gasteiger charge is -2.09. The molecule has 0 saturated carbocycles. The molecule has 3 aromatic rings. The van der Waals surface area contributed by atoms with E-state index >= 15 is 0 Å². The van der Waals surface area contributed by atoms with Gasteiger partial charge in [-0.25, -0.2) is 4.39 Å². The zero-order chi connectivity index (χ0) is 14.8. The SMILES string of the molecule is CC(C)NCc1ccc(F)c(-c2cc3ccccc3o2)c1. The Morgan fingerprint density at radius 1 is 1.10 bits per heavy atom. The van der Waals surface area contributed by atoms with Crippen molar-refractivity contribution in [1.82, 2.24) is 5.32 Å². The highest BCUT2D eigenvalue weighted by Crippen LogP contribution is 2.30. The van der Waals surface area contributed by atoms with Gasteiger partial charge >= 0.3 is 0 Å². The van der Waals surface area contributed by atoms with E-state index < -0.39 is 0 Å². The van der Waals surface area contributed by atoms with E-state index in [1.54, 1.807) is 6.07 Å². The molecule has 3 rings (SSSR count). The van der Waals surface area contributed by atoms with E-state index in [-0.39, 0.29) is 5.82 Å². The number of hydrogen-bond acceptors (Lipinski definition) is 2. The molecule has 2 nitrogen and oxygen atoms in total. The summed E-state index contributed by atoms with van der Waals surface area (Å²) in [4.78, 5) is 0. The third-order valence-electron chi connectivity index (χ3n) is 3.44. The van der Waals surface area contributed by atoms with Gasteiger partial charge in [0.15, 0.2) is 0 Å². The van der Waals surface area contributed by atoms with Gasteiger partial charge in [0.1, 0.15) is 17.2 Å². The summed E-state index contributed by atoms with van der Waals surface area (Å²) in [5.74, 6) is 0.308. The van der Waals surface area contributed by atoms with Gasteiger partial charge in [-0.3, -0.25) is 0 Å². The highest BCUT2D eigenvalue weighted by atomic mass is 19.1. The molecule has 0 aliphatic carbocycles. The first-order chi connectivity index (χ1) is 10.1. The second-order valence-electron chi connectivity index (χ2n) is 5.50. The quantitative estimate of drug-likeness (QED) is 0.748. The Morgan fingerprint density at radius 2 is 1.90 bits per heavy atom. The van der Waals surface area contributed by atoms with Crippen LogP contribution in [0, 0.1) is 5.82 Å². The van der Waals surface area contributed by atoms with Gasteiger partial charge in [-0.1, -0.05) is 38.1 Å². The molecule has 1 aromatic heterocycles. The van der Waals surface area contributed by atoms with Crippen LogP contribution in [0.1, 0.15) is 19.4 Å². The molecule has 1 N–H and O–H groups in total. The van der Waals surface area contributed by atoms with Gasteiger partial charge in [0.05, 0.1) is 5.56 Å². The summed E-state index contributed by atoms with van der Waals surface area (Å²) in [5.41, 5.74) is 2.33. The number of rotatable bonds is 4. The van der Waals surface area contributed by atoms with E-state index in [4.69, 9.17) is 4.42 Å². The van der Waals surface area contributed by atoms with Crippen molar-refractivity contribution in [2.45, 2.75) is 26.4 Å². The Bertz CT molecular complexity index is 728. The van der Waals surface area contributed by atoms with E-state index in [1.807, 2.05) is 36.4 Å². The molecule has 0 aliphatic rings. The standard InChI is InChI=1S/C18H18FNO/c1-12(2)20-11-13-7-8-16(19)15(9-13)18-10-14-5-3-4-6-17(14)21-18/h3-10,12,20H,11H2,1-2H3. The van der Waals surface area contributed by atoms with Crippen LogP contribution in [0.3, 0.4) is 0 Å². The van der Waals surface area contributed by atoms with Crippen molar-refractivity contribution >= 4 is 11.0 Å². The molecule has 0 bridgehead atoms. The molecule has 0 amide bonds. The van der Waals surface area contributed by atoms with Crippen LogP contribution in [0.2, 0.25) is 0 Å². The fourth-order valence-corrected chi connectivity index (χ4v) is 2.31. The lowest BCUT2D eigenvalue weighted by Crippen LogP contribution is -2.21. The van der Waals surface area contributed by atoms with Gasteiger partial charge in [0, 0.05) is 18.0 Å². The third-order valence-corrected chi connectivity index (χ3v) is 3.44. The number of nitrogens with one attached hydrogen (secondary N) is 1. The van der Waals surface area contributed by atoms with Crippen LogP contribution in [-0.2, 0) is 6.54 Å². The molecule has 0 aliphatic heterocycles. The average Bonchev–Trinajstić information content (AvgIpc) is 2.90. The number of halogens is 1. The predicted molar refractivity (Wildman–Crippen MR) is 83.6 cm³/mol. The number of benzene rings is 2. The lowest BCUT2D eigenvalue weighted by molar-refractivity contribution is 0.583. The Balaban J connectivity index is 1.98. The van der Waals surface area contributed by atoms with Gasteiger partial charge in [-0.05, 0) is 29.8 Å². The van der Waals surface area contributed by atoms with Crippen molar-refractivity contribution in [3.05, 3.63) is 59.9 Å². The maximum atomic E-state index is 14.1. The topological polar surface area (TPSA) is 25.2 Å². The smallest absolute Gasteiger partial charge is 0.138 e. The van der Waals surface area contributed by atoms with E-state index in [2.05, 4.69) is 19.2 Å². The van der Waals surface area contributed by atoms with Crippen molar-refractivity contribution < 1.29 is 8.81 Å². The second kappa shape index (κ2) is 5.70. The van der Waals surface area contributed by atoms with Crippen LogP contribution >= 0.6 is 0 Å². The minimum absolute atomic E-state index is 0.262. The second-order valence-corrected chi connectivity index (χ2v) is 5.50. The van der Waals surface area contributed by atoms with Gasteiger partial charge < -0.3 is 9.73 Å². The number of furan rings is 1. The summed E-state index contributed by atoms with van der Waals surface area (Å²) in [6.07, 6.45) is 0. The first kappa shape index (κ1) is 13.8. The fourth-order valence-electron chi connectivity index (χ4n) is 2.31. The summed E-state index contributed by atoms with van der Waals surface area (Å²) in [6.45, 7) is 4.89. The zero-order valence-corrected chi connectivity index (χ0v) is 12.2. The number of fused-ring (bicyclic) bond motifs is 1. The van der Waals surface area contributed by atoms with Crippen LogP contribution in [0.15, 0.2) is 52.9 Å². The van der Waals surface area contributed by atoms with Gasteiger partial charge in [0.25, 0.3) is 0 Å². The van der Waals surface area contributed by atoms with Crippen molar-refractivity contribution in [2.24, 2.45) is 0 Å². The molecule has 0 unspecified atom stereocenters. The summed E-state index contributed by atoms with van der Waals surface area (Å²) < 4.78 is 19.9. The van der Waals surface area contributed by atoms with Gasteiger partial charge in [-0.15, -0.1) is 0 Å². The summed E-state index contributed by atoms with van der Waals surface area (Å²) in [6, 6.07) is 15.1. The van der Waals surface area contributed by atoms with E-state index in [1.165, 1.54) is 6.07 Å². The third kappa shape index (κ3) is 2.98. The maximum Gasteiger partial charge on any atom is 0.138 e. The molecule has 0 radical (unpaired) electrons. The molecule has 3 heteroatoms. The van der Waals surface area contributed by atoms with E-state index in [0.29, 0.717) is 23.9 Å². The van der Waals surface area contributed by atoms with Crippen LogP contribution in [0.5, 0.6) is 0 Å². The molecule has 0 atom stereocenters. The van der Waals surface area contributed by atoms with Crippen molar-refractivity contribution in [1.29, 1.82) is 0 Å². The van der Waals surface area contributed by atoms with Gasteiger partial charge in [0.2, 0.25) is 0 Å². The molecule has 0 fully saturated rings. The Kier molecular flexibility index (Phi) is 3.76. The van der Waals surface area contributed by atoms with E-state index in [0.717, 1.165) is 16.5 Å². The molecule has 0 saturated heterocycles. The molecular weight excluding hydrogens is 265 g/mol. The molecule has 1 heterocycles. The normalized spacial score (nSPS) is 11.4. The van der Waals surface area contributed by atoms with Crippen LogP contribution in [-0.4, -0.2) is 6.04 Å². The molecule has 21 heavy (non-hydrogen) atoms. The summed E-state index contributed by atoms with van der Waals surface area (Å²) in [5, 5.41) is 4.32. The lowest BCUT2D eigenvalue weighted by atomic mass is 10.1. The monoisotopic (exact) mass is 283 g/mol. The Labute approximate surface area is 123 Å². The zero-order valence-electron chi connectivity index (χ0n) is 12.2. The largest absolute Gasteiger partial charge is 0.456 e. The van der Waals surface area contributed by atoms with Crippen LogP contribution in [0.4, 0.5) is 4.39 Å². The van der Waals surface area contributed by atoms with E-state index in [9.17, 15) is 4.39 Å². The molecular formula is C18H18FNO. The summed E-state index contributed by atoms with van der Waals surface area (Å²) in [7, 11) is 0. The minimum atomic E-state index is -0.262. The number of para-hydroxylation sites is 1. The molecule has 0 spiro atoms. The van der Waals surface area contributed by atoms with Gasteiger partial charge in [-0.2, -0.15) is 0 Å². The highest BCUT2D eigenvalue weighted by Gasteiger charge is 2.11. The maximum absolute atomic E-state index is 14.1. The predicted octanol–water partition coefficient (Wildman–Crippen LogP) is 4.74. The first-order valence-corrected chi connectivity index (χ1v) is 7.14. The Hall–Kier alpha value is -2.13. The van der Waals surface area contributed by atoms with Crippen LogP contribution in [0.25, 0.3) is 22.3 Å². The minimum Gasteiger partial charge on any atom is -0.456 e. The van der Waals surface area contributed by atoms with Crippen molar-refractivity contribution in [2.75, 3.05) is 0 Å². The van der Waals surface area contributed by atoms with Crippen molar-refractivity contribution in [3.63, 3.8) is 0 Å². The molecule has 108 valence electrons. The number of hydrogen-bond donors (Lipinski definition) is 1. The first-order valence-electron chi connectivity index (χ1n) is 7.14. The van der Waals surface area contributed by atoms with Crippen molar-refractivity contribution in [3.8, 4) is 11.3 Å². The fraction of sp³-hybridized carbons (Fsp3) is 0.222. The van der Waals surface area contributed by atoms with Crippen LogP contribution < -0.4 is 5.32 Å². The summed E-state index contributed by atoms with van der Waals surface area (Å²) >= 11 is 0. The average molecular weight is 283 g/mol. The Morgan fingerprint density at radius 3 is 2.67 bits per heavy atom.